The Morgan fingerprint density at radius 1 is 1.29 bits per heavy atom. The average molecular weight is 439 g/mol. The lowest BCUT2D eigenvalue weighted by Crippen LogP contribution is -2.23. The van der Waals surface area contributed by atoms with Crippen LogP contribution in [0.4, 0.5) is 4.39 Å². The maximum Gasteiger partial charge on any atom is 0.286 e. The van der Waals surface area contributed by atoms with Crippen molar-refractivity contribution >= 4 is 58.0 Å². The molecule has 0 bridgehead atoms. The molecule has 144 valence electrons. The summed E-state index contributed by atoms with van der Waals surface area (Å²) >= 11 is 13.4. The van der Waals surface area contributed by atoms with Gasteiger partial charge in [-0.15, -0.1) is 0 Å². The minimum Gasteiger partial charge on any atom is -0.487 e. The topological polar surface area (TPSA) is 67.8 Å². The summed E-state index contributed by atoms with van der Waals surface area (Å²) in [5, 5.41) is 3.30. The lowest BCUT2D eigenvalue weighted by atomic mass is 10.1. The molecule has 2 amide bonds. The molecule has 2 aromatic carbocycles. The third-order valence-corrected chi connectivity index (χ3v) is 4.92. The van der Waals surface area contributed by atoms with E-state index in [0.717, 1.165) is 17.3 Å². The minimum absolute atomic E-state index is 0.145. The van der Waals surface area contributed by atoms with Gasteiger partial charge in [0.15, 0.2) is 5.17 Å². The van der Waals surface area contributed by atoms with Crippen molar-refractivity contribution < 1.29 is 18.7 Å². The van der Waals surface area contributed by atoms with E-state index in [2.05, 4.69) is 10.3 Å². The Morgan fingerprint density at radius 3 is 2.68 bits per heavy atom. The molecule has 0 unspecified atom stereocenters. The third-order valence-electron chi connectivity index (χ3n) is 3.52. The van der Waals surface area contributed by atoms with Gasteiger partial charge in [-0.25, -0.2) is 4.39 Å². The molecule has 3 rings (SSSR count). The molecule has 0 aliphatic carbocycles. The molecule has 5 nitrogen and oxygen atoms in total. The molecule has 2 aromatic rings. The number of nitrogens with zero attached hydrogens (tertiary/aromatic N) is 1. The van der Waals surface area contributed by atoms with E-state index in [-0.39, 0.29) is 33.4 Å². The Balaban J connectivity index is 1.86. The van der Waals surface area contributed by atoms with Crippen LogP contribution < -0.4 is 10.1 Å². The Labute approximate surface area is 174 Å². The number of benzene rings is 2. The second-order valence-electron chi connectivity index (χ2n) is 5.74. The Kier molecular flexibility index (Phi) is 6.39. The maximum atomic E-state index is 13.0. The molecule has 1 aliphatic heterocycles. The molecular formula is C19H13Cl2FN2O3S. The summed E-state index contributed by atoms with van der Waals surface area (Å²) in [5.74, 6) is -0.835. The first-order chi connectivity index (χ1) is 13.3. The Hall–Kier alpha value is -2.35. The summed E-state index contributed by atoms with van der Waals surface area (Å²) in [6, 6.07) is 8.99. The number of ether oxygens (including phenoxy) is 1. The zero-order valence-corrected chi connectivity index (χ0v) is 16.8. The van der Waals surface area contributed by atoms with E-state index in [9.17, 15) is 14.0 Å². The highest BCUT2D eigenvalue weighted by atomic mass is 35.5. The molecule has 0 fully saturated rings. The highest BCUT2D eigenvalue weighted by molar-refractivity contribution is 8.18. The van der Waals surface area contributed by atoms with Gasteiger partial charge in [-0.3, -0.25) is 9.59 Å². The zero-order chi connectivity index (χ0) is 20.3. The first-order valence-electron chi connectivity index (χ1n) is 7.98. The number of rotatable bonds is 4. The van der Waals surface area contributed by atoms with E-state index in [1.807, 2.05) is 0 Å². The van der Waals surface area contributed by atoms with Crippen LogP contribution in [0.15, 0.2) is 46.3 Å². The molecule has 0 radical (unpaired) electrons. The van der Waals surface area contributed by atoms with E-state index in [4.69, 9.17) is 27.9 Å². The fraction of sp³-hybridized carbons (Fsp3) is 0.105. The van der Waals surface area contributed by atoms with Crippen LogP contribution in [-0.4, -0.2) is 17.0 Å². The molecular weight excluding hydrogens is 426 g/mol. The number of hydrogen-bond acceptors (Lipinski definition) is 4. The second kappa shape index (κ2) is 8.77. The van der Waals surface area contributed by atoms with Crippen LogP contribution in [0.25, 0.3) is 6.08 Å². The summed E-state index contributed by atoms with van der Waals surface area (Å²) in [5.41, 5.74) is 1.23. The first kappa shape index (κ1) is 20.4. The molecule has 0 spiro atoms. The predicted molar refractivity (Wildman–Crippen MR) is 109 cm³/mol. The standard InChI is InChI=1S/C19H13Cl2FN2O3S/c1-10(25)23-19-24-18(26)16(28-19)7-12-6-13(20)8-15(21)17(12)27-9-11-2-4-14(22)5-3-11/h2-8H,9H2,1H3,(H,23,24,25,26)/b16-7+. The normalized spacial score (nSPS) is 14.9. The van der Waals surface area contributed by atoms with Crippen LogP contribution in [0, 0.1) is 5.82 Å². The lowest BCUT2D eigenvalue weighted by molar-refractivity contribution is -0.117. The molecule has 0 aromatic heterocycles. The van der Waals surface area contributed by atoms with Crippen molar-refractivity contribution in [3.8, 4) is 5.75 Å². The Morgan fingerprint density at radius 2 is 2.00 bits per heavy atom. The molecule has 28 heavy (non-hydrogen) atoms. The first-order valence-corrected chi connectivity index (χ1v) is 9.55. The van der Waals surface area contributed by atoms with Crippen LogP contribution >= 0.6 is 35.0 Å². The summed E-state index contributed by atoms with van der Waals surface area (Å²) in [6.07, 6.45) is 1.54. The van der Waals surface area contributed by atoms with Crippen LogP contribution in [0.2, 0.25) is 10.0 Å². The number of halogens is 3. The fourth-order valence-corrected chi connectivity index (χ4v) is 3.74. The van der Waals surface area contributed by atoms with Gasteiger partial charge in [0.1, 0.15) is 18.2 Å². The summed E-state index contributed by atoms with van der Waals surface area (Å²) in [4.78, 5) is 27.3. The molecule has 1 heterocycles. The van der Waals surface area contributed by atoms with Crippen molar-refractivity contribution in [1.29, 1.82) is 0 Å². The SMILES string of the molecule is CC(=O)NC1=NC(=O)/C(=C\c2cc(Cl)cc(Cl)c2OCc2ccc(F)cc2)S1. The highest BCUT2D eigenvalue weighted by Gasteiger charge is 2.23. The van der Waals surface area contributed by atoms with Gasteiger partial charge < -0.3 is 10.1 Å². The third kappa shape index (κ3) is 5.13. The van der Waals surface area contributed by atoms with Crippen LogP contribution in [-0.2, 0) is 16.2 Å². The Bertz CT molecular complexity index is 1010. The van der Waals surface area contributed by atoms with Crippen molar-refractivity contribution in [2.24, 2.45) is 4.99 Å². The monoisotopic (exact) mass is 438 g/mol. The van der Waals surface area contributed by atoms with Gasteiger partial charge in [0.05, 0.1) is 9.93 Å². The zero-order valence-electron chi connectivity index (χ0n) is 14.5. The number of amides is 2. The van der Waals surface area contributed by atoms with E-state index in [0.29, 0.717) is 16.3 Å². The molecule has 0 saturated carbocycles. The highest BCUT2D eigenvalue weighted by Crippen LogP contribution is 2.37. The second-order valence-corrected chi connectivity index (χ2v) is 7.61. The van der Waals surface area contributed by atoms with Gasteiger partial charge in [0.25, 0.3) is 5.91 Å². The van der Waals surface area contributed by atoms with Gasteiger partial charge in [-0.1, -0.05) is 35.3 Å². The number of amidine groups is 1. The maximum absolute atomic E-state index is 13.0. The van der Waals surface area contributed by atoms with E-state index in [1.54, 1.807) is 24.3 Å². The molecule has 0 saturated heterocycles. The average Bonchev–Trinajstić information content (AvgIpc) is 2.94. The number of carbonyl (C=O) groups is 2. The lowest BCUT2D eigenvalue weighted by Gasteiger charge is -2.12. The van der Waals surface area contributed by atoms with Crippen molar-refractivity contribution in [2.45, 2.75) is 13.5 Å². The number of hydrogen-bond donors (Lipinski definition) is 1. The van der Waals surface area contributed by atoms with Gasteiger partial charge >= 0.3 is 0 Å². The smallest absolute Gasteiger partial charge is 0.286 e. The molecule has 1 aliphatic rings. The number of nitrogens with one attached hydrogen (secondary N) is 1. The van der Waals surface area contributed by atoms with Gasteiger partial charge in [-0.2, -0.15) is 4.99 Å². The van der Waals surface area contributed by atoms with Crippen LogP contribution in [0.5, 0.6) is 5.75 Å². The molecule has 1 N–H and O–H groups in total. The summed E-state index contributed by atoms with van der Waals surface area (Å²) < 4.78 is 18.8. The van der Waals surface area contributed by atoms with Crippen molar-refractivity contribution in [3.05, 3.63) is 68.3 Å². The van der Waals surface area contributed by atoms with Crippen LogP contribution in [0.3, 0.4) is 0 Å². The van der Waals surface area contributed by atoms with E-state index >= 15 is 0 Å². The fourth-order valence-electron chi connectivity index (χ4n) is 2.33. The van der Waals surface area contributed by atoms with E-state index < -0.39 is 5.91 Å². The summed E-state index contributed by atoms with van der Waals surface area (Å²) in [7, 11) is 0. The van der Waals surface area contributed by atoms with Gasteiger partial charge in [0, 0.05) is 17.5 Å². The molecule has 0 atom stereocenters. The van der Waals surface area contributed by atoms with Crippen molar-refractivity contribution in [1.82, 2.24) is 5.32 Å². The van der Waals surface area contributed by atoms with Crippen LogP contribution in [0.1, 0.15) is 18.1 Å². The number of carbonyl (C=O) groups excluding carboxylic acids is 2. The van der Waals surface area contributed by atoms with Gasteiger partial charge in [-0.05, 0) is 47.7 Å². The largest absolute Gasteiger partial charge is 0.487 e. The van der Waals surface area contributed by atoms with Crippen molar-refractivity contribution in [2.75, 3.05) is 0 Å². The number of aliphatic imine (C=N–C) groups is 1. The quantitative estimate of drug-likeness (QED) is 0.694. The molecule has 9 heteroatoms. The predicted octanol–water partition coefficient (Wildman–Crippen LogP) is 4.82. The number of thioether (sulfide) groups is 1. The van der Waals surface area contributed by atoms with E-state index in [1.165, 1.54) is 25.1 Å². The van der Waals surface area contributed by atoms with Gasteiger partial charge in [0.2, 0.25) is 5.91 Å². The minimum atomic E-state index is -0.491. The van der Waals surface area contributed by atoms with Crippen molar-refractivity contribution in [3.63, 3.8) is 0 Å². The summed E-state index contributed by atoms with van der Waals surface area (Å²) in [6.45, 7) is 1.47.